The first kappa shape index (κ1) is 23.7. The van der Waals surface area contributed by atoms with Gasteiger partial charge in [-0.3, -0.25) is 15.1 Å². The number of anilines is 1. The number of hydrogen-bond acceptors (Lipinski definition) is 5. The van der Waals surface area contributed by atoms with Gasteiger partial charge >= 0.3 is 0 Å². The van der Waals surface area contributed by atoms with E-state index in [1.165, 1.54) is 6.07 Å². The number of nitrogens with zero attached hydrogens (tertiary/aromatic N) is 3. The number of hydrazone groups is 1. The average Bonchev–Trinajstić information content (AvgIpc) is 2.72. The summed E-state index contributed by atoms with van der Waals surface area (Å²) in [6.45, 7) is 11.9. The molecular formula is C25H30N4O2. The number of hydrogen-bond donors (Lipinski definition) is 1. The Hall–Kier alpha value is -3.59. The molecule has 0 spiro atoms. The molecule has 0 bridgehead atoms. The Kier molecular flexibility index (Phi) is 7.98. The van der Waals surface area contributed by atoms with Gasteiger partial charge in [0.05, 0.1) is 17.1 Å². The van der Waals surface area contributed by atoms with E-state index in [2.05, 4.69) is 28.8 Å². The molecule has 162 valence electrons. The molecule has 6 nitrogen and oxygen atoms in total. The van der Waals surface area contributed by atoms with Crippen LogP contribution in [0.15, 0.2) is 66.4 Å². The second-order valence-electron chi connectivity index (χ2n) is 8.30. The van der Waals surface area contributed by atoms with E-state index < -0.39 is 4.92 Å². The molecular weight excluding hydrogens is 388 g/mol. The lowest BCUT2D eigenvalue weighted by molar-refractivity contribution is -0.384. The Morgan fingerprint density at radius 3 is 2.55 bits per heavy atom. The minimum absolute atomic E-state index is 0.000416. The van der Waals surface area contributed by atoms with Crippen LogP contribution in [0.4, 0.5) is 11.4 Å². The molecule has 0 radical (unpaired) electrons. The largest absolute Gasteiger partial charge is 0.378 e. The summed E-state index contributed by atoms with van der Waals surface area (Å²) in [6.07, 6.45) is 1.93. The maximum Gasteiger partial charge on any atom is 0.270 e. The predicted octanol–water partition coefficient (Wildman–Crippen LogP) is 5.99. The van der Waals surface area contributed by atoms with Crippen molar-refractivity contribution < 1.29 is 4.92 Å². The molecule has 2 aromatic rings. The van der Waals surface area contributed by atoms with Crippen LogP contribution >= 0.6 is 0 Å². The van der Waals surface area contributed by atoms with E-state index in [0.29, 0.717) is 17.7 Å². The fourth-order valence-corrected chi connectivity index (χ4v) is 2.88. The molecule has 0 amide bonds. The molecule has 0 aliphatic rings. The third kappa shape index (κ3) is 7.31. The van der Waals surface area contributed by atoms with Crippen molar-refractivity contribution in [3.8, 4) is 11.8 Å². The van der Waals surface area contributed by atoms with Crippen LogP contribution < -0.4 is 5.32 Å². The lowest BCUT2D eigenvalue weighted by Crippen LogP contribution is -2.14. The van der Waals surface area contributed by atoms with Crippen LogP contribution in [0.1, 0.15) is 51.3 Å². The van der Waals surface area contributed by atoms with Gasteiger partial charge in [-0.2, -0.15) is 5.10 Å². The second-order valence-corrected chi connectivity index (χ2v) is 8.30. The molecule has 0 fully saturated rings. The maximum absolute atomic E-state index is 11.4. The number of non-ortho nitro benzene ring substituents is 1. The minimum atomic E-state index is -0.399. The van der Waals surface area contributed by atoms with Gasteiger partial charge in [-0.05, 0) is 39.3 Å². The molecule has 0 aromatic heterocycles. The van der Waals surface area contributed by atoms with E-state index in [4.69, 9.17) is 0 Å². The van der Waals surface area contributed by atoms with Crippen LogP contribution in [0.5, 0.6) is 0 Å². The molecule has 31 heavy (non-hydrogen) atoms. The Labute approximate surface area is 184 Å². The fourth-order valence-electron chi connectivity index (χ4n) is 2.88. The molecule has 6 heteroatoms. The van der Waals surface area contributed by atoms with Crippen molar-refractivity contribution in [2.24, 2.45) is 10.5 Å². The number of benzene rings is 2. The smallest absolute Gasteiger partial charge is 0.270 e. The lowest BCUT2D eigenvalue weighted by atomic mass is 9.97. The van der Waals surface area contributed by atoms with E-state index in [-0.39, 0.29) is 17.1 Å². The van der Waals surface area contributed by atoms with Crippen LogP contribution in [0.25, 0.3) is 0 Å². The fraction of sp³-hybridized carbons (Fsp3) is 0.320. The zero-order valence-corrected chi connectivity index (χ0v) is 18.8. The van der Waals surface area contributed by atoms with Crippen molar-refractivity contribution in [2.75, 3.05) is 12.4 Å². The van der Waals surface area contributed by atoms with Crippen LogP contribution in [0, 0.1) is 27.4 Å². The summed E-state index contributed by atoms with van der Waals surface area (Å²) in [5.41, 5.74) is 3.00. The van der Waals surface area contributed by atoms with E-state index in [1.807, 2.05) is 58.0 Å². The van der Waals surface area contributed by atoms with E-state index >= 15 is 0 Å². The minimum Gasteiger partial charge on any atom is -0.378 e. The van der Waals surface area contributed by atoms with Gasteiger partial charge in [0.25, 0.3) is 5.69 Å². The van der Waals surface area contributed by atoms with Crippen LogP contribution in [0.2, 0.25) is 0 Å². The molecule has 0 aliphatic carbocycles. The highest BCUT2D eigenvalue weighted by Crippen LogP contribution is 2.28. The SMILES string of the molecule is C=CN(C)/N=C(\CC#CC(C)(C)C)c1cc([N+](=O)[O-])ccc1NC(C)c1ccccc1. The molecule has 0 saturated heterocycles. The van der Waals surface area contributed by atoms with Gasteiger partial charge in [0, 0.05) is 48.1 Å². The van der Waals surface area contributed by atoms with Crippen molar-refractivity contribution in [2.45, 2.75) is 40.2 Å². The van der Waals surface area contributed by atoms with Crippen molar-refractivity contribution in [3.63, 3.8) is 0 Å². The lowest BCUT2D eigenvalue weighted by Gasteiger charge is -2.20. The molecule has 0 saturated carbocycles. The van der Waals surface area contributed by atoms with E-state index in [0.717, 1.165) is 11.3 Å². The molecule has 0 heterocycles. The summed E-state index contributed by atoms with van der Waals surface area (Å²) >= 11 is 0. The summed E-state index contributed by atoms with van der Waals surface area (Å²) in [5.74, 6) is 6.38. The predicted molar refractivity (Wildman–Crippen MR) is 128 cm³/mol. The standard InChI is InChI=1S/C25H30N4O2/c1-7-28(6)27-24(14-11-17-25(3,4)5)22-18-21(29(30)31)15-16-23(22)26-19(2)20-12-9-8-10-13-20/h7-10,12-13,15-16,18-19,26H,1,14H2,2-6H3/b27-24+. The van der Waals surface area contributed by atoms with E-state index in [1.54, 1.807) is 30.4 Å². The highest BCUT2D eigenvalue weighted by Gasteiger charge is 2.18. The quantitative estimate of drug-likeness (QED) is 0.247. The monoisotopic (exact) mass is 418 g/mol. The third-order valence-corrected chi connectivity index (χ3v) is 4.46. The summed E-state index contributed by atoms with van der Waals surface area (Å²) in [6, 6.07) is 14.8. The van der Waals surface area contributed by atoms with E-state index in [9.17, 15) is 10.1 Å². The van der Waals surface area contributed by atoms with Gasteiger partial charge in [-0.1, -0.05) is 48.8 Å². The first-order chi connectivity index (χ1) is 14.6. The zero-order chi connectivity index (χ0) is 23.0. The van der Waals surface area contributed by atoms with Gasteiger partial charge in [-0.15, -0.1) is 0 Å². The van der Waals surface area contributed by atoms with Crippen LogP contribution in [-0.2, 0) is 0 Å². The summed E-state index contributed by atoms with van der Waals surface area (Å²) in [7, 11) is 1.77. The molecule has 0 aliphatic heterocycles. The Morgan fingerprint density at radius 1 is 1.29 bits per heavy atom. The van der Waals surface area contributed by atoms with Crippen molar-refractivity contribution in [1.29, 1.82) is 0 Å². The number of nitro groups is 1. The number of nitrogens with one attached hydrogen (secondary N) is 1. The Balaban J connectivity index is 2.53. The first-order valence-electron chi connectivity index (χ1n) is 10.1. The third-order valence-electron chi connectivity index (χ3n) is 4.46. The first-order valence-corrected chi connectivity index (χ1v) is 10.1. The van der Waals surface area contributed by atoms with Gasteiger partial charge in [0.15, 0.2) is 0 Å². The second kappa shape index (κ2) is 10.4. The normalized spacial score (nSPS) is 12.4. The number of nitro benzene ring substituents is 1. The zero-order valence-electron chi connectivity index (χ0n) is 18.8. The van der Waals surface area contributed by atoms with Crippen molar-refractivity contribution in [1.82, 2.24) is 5.01 Å². The maximum atomic E-state index is 11.4. The number of rotatable bonds is 8. The Morgan fingerprint density at radius 2 is 1.97 bits per heavy atom. The molecule has 1 N–H and O–H groups in total. The topological polar surface area (TPSA) is 70.8 Å². The van der Waals surface area contributed by atoms with Crippen molar-refractivity contribution >= 4 is 17.1 Å². The molecule has 1 unspecified atom stereocenters. The summed E-state index contributed by atoms with van der Waals surface area (Å²) in [5, 5.41) is 21.1. The van der Waals surface area contributed by atoms with Gasteiger partial charge in [-0.25, -0.2) is 0 Å². The molecule has 2 rings (SSSR count). The highest BCUT2D eigenvalue weighted by molar-refractivity contribution is 6.06. The van der Waals surface area contributed by atoms with Gasteiger partial charge < -0.3 is 5.32 Å². The van der Waals surface area contributed by atoms with Crippen LogP contribution in [0.3, 0.4) is 0 Å². The van der Waals surface area contributed by atoms with Crippen LogP contribution in [-0.4, -0.2) is 22.7 Å². The summed E-state index contributed by atoms with van der Waals surface area (Å²) in [4.78, 5) is 11.0. The van der Waals surface area contributed by atoms with Crippen molar-refractivity contribution in [3.05, 3.63) is 82.6 Å². The molecule has 2 aromatic carbocycles. The average molecular weight is 419 g/mol. The summed E-state index contributed by atoms with van der Waals surface area (Å²) < 4.78 is 0. The Bertz CT molecular complexity index is 1010. The van der Waals surface area contributed by atoms with Gasteiger partial charge in [0.2, 0.25) is 0 Å². The van der Waals surface area contributed by atoms with Gasteiger partial charge in [0.1, 0.15) is 0 Å². The molecule has 1 atom stereocenters. The highest BCUT2D eigenvalue weighted by atomic mass is 16.6.